The van der Waals surface area contributed by atoms with Crippen molar-refractivity contribution in [1.29, 1.82) is 0 Å². The Kier molecular flexibility index (Phi) is 5.82. The van der Waals surface area contributed by atoms with Gasteiger partial charge in [0.1, 0.15) is 5.75 Å². The van der Waals surface area contributed by atoms with E-state index < -0.39 is 15.1 Å². The molecule has 0 aliphatic heterocycles. The number of nitrogens with one attached hydrogen (secondary N) is 1. The minimum atomic E-state index is -3.10. The summed E-state index contributed by atoms with van der Waals surface area (Å²) in [5, 5.41) is 2.83. The lowest BCUT2D eigenvalue weighted by atomic mass is 10.0. The fourth-order valence-electron chi connectivity index (χ4n) is 1.94. The normalized spacial score (nSPS) is 14.9. The lowest BCUT2D eigenvalue weighted by Crippen LogP contribution is -2.35. The van der Waals surface area contributed by atoms with Gasteiger partial charge in [-0.1, -0.05) is 19.1 Å². The smallest absolute Gasteiger partial charge is 0.151 e. The van der Waals surface area contributed by atoms with Crippen LogP contribution in [0.4, 0.5) is 0 Å². The maximum atomic E-state index is 11.8. The van der Waals surface area contributed by atoms with Crippen molar-refractivity contribution < 1.29 is 13.2 Å². The Morgan fingerprint density at radius 2 is 2.05 bits per heavy atom. The topological polar surface area (TPSA) is 55.4 Å². The second kappa shape index (κ2) is 6.91. The van der Waals surface area contributed by atoms with E-state index in [0.717, 1.165) is 24.3 Å². The van der Waals surface area contributed by atoms with E-state index in [-0.39, 0.29) is 6.04 Å². The fourth-order valence-corrected chi connectivity index (χ4v) is 2.68. The van der Waals surface area contributed by atoms with E-state index in [1.807, 2.05) is 24.3 Å². The van der Waals surface area contributed by atoms with Crippen LogP contribution in [0.3, 0.4) is 0 Å². The molecule has 0 bridgehead atoms. The van der Waals surface area contributed by atoms with Gasteiger partial charge in [0.15, 0.2) is 9.84 Å². The van der Waals surface area contributed by atoms with Gasteiger partial charge in [0, 0.05) is 12.3 Å². The Morgan fingerprint density at radius 1 is 1.37 bits per heavy atom. The van der Waals surface area contributed by atoms with Gasteiger partial charge in [-0.25, -0.2) is 8.42 Å². The zero-order chi connectivity index (χ0) is 14.5. The molecule has 0 fully saturated rings. The SMILES string of the molecule is CCCNC(c1cccc(OC)c1)C(C)S(C)(=O)=O. The molecule has 0 spiro atoms. The molecule has 2 unspecified atom stereocenters. The van der Waals surface area contributed by atoms with Crippen molar-refractivity contribution in [2.45, 2.75) is 31.6 Å². The molecule has 0 radical (unpaired) electrons. The van der Waals surface area contributed by atoms with Gasteiger partial charge in [0.2, 0.25) is 0 Å². The average molecular weight is 285 g/mol. The molecule has 1 aromatic rings. The quantitative estimate of drug-likeness (QED) is 0.834. The Hall–Kier alpha value is -1.07. The molecular weight excluding hydrogens is 262 g/mol. The zero-order valence-corrected chi connectivity index (χ0v) is 12.8. The molecule has 0 aromatic heterocycles. The Balaban J connectivity index is 3.08. The summed E-state index contributed by atoms with van der Waals surface area (Å²) in [5.41, 5.74) is 0.936. The number of ether oxygens (including phenoxy) is 1. The first-order valence-corrected chi connectivity index (χ1v) is 8.41. The van der Waals surface area contributed by atoms with E-state index in [1.165, 1.54) is 6.26 Å². The molecular formula is C14H23NO3S. The third-order valence-corrected chi connectivity index (χ3v) is 4.83. The number of hydrogen-bond donors (Lipinski definition) is 1. The Bertz CT molecular complexity index is 499. The van der Waals surface area contributed by atoms with E-state index in [0.29, 0.717) is 0 Å². The Morgan fingerprint density at radius 3 is 2.58 bits per heavy atom. The van der Waals surface area contributed by atoms with E-state index in [9.17, 15) is 8.42 Å². The molecule has 1 N–H and O–H groups in total. The van der Waals surface area contributed by atoms with Crippen LogP contribution in [0.15, 0.2) is 24.3 Å². The van der Waals surface area contributed by atoms with E-state index in [1.54, 1.807) is 14.0 Å². The third-order valence-electron chi connectivity index (χ3n) is 3.21. The lowest BCUT2D eigenvalue weighted by Gasteiger charge is -2.24. The van der Waals surface area contributed by atoms with E-state index >= 15 is 0 Å². The number of methoxy groups -OCH3 is 1. The summed E-state index contributed by atoms with van der Waals surface area (Å²) in [4.78, 5) is 0. The Labute approximate surface area is 116 Å². The van der Waals surface area contributed by atoms with Crippen molar-refractivity contribution in [2.24, 2.45) is 0 Å². The molecule has 0 aliphatic rings. The van der Waals surface area contributed by atoms with Gasteiger partial charge in [0.25, 0.3) is 0 Å². The van der Waals surface area contributed by atoms with Crippen LogP contribution in [0.2, 0.25) is 0 Å². The van der Waals surface area contributed by atoms with Gasteiger partial charge in [-0.15, -0.1) is 0 Å². The zero-order valence-electron chi connectivity index (χ0n) is 12.0. The van der Waals surface area contributed by atoms with E-state index in [2.05, 4.69) is 12.2 Å². The van der Waals surface area contributed by atoms with Crippen molar-refractivity contribution in [3.05, 3.63) is 29.8 Å². The molecule has 1 aromatic carbocycles. The molecule has 0 amide bonds. The largest absolute Gasteiger partial charge is 0.497 e. The van der Waals surface area contributed by atoms with Crippen LogP contribution < -0.4 is 10.1 Å². The van der Waals surface area contributed by atoms with Crippen LogP contribution in [-0.4, -0.2) is 33.6 Å². The monoisotopic (exact) mass is 285 g/mol. The van der Waals surface area contributed by atoms with Crippen molar-refractivity contribution in [2.75, 3.05) is 19.9 Å². The molecule has 5 heteroatoms. The molecule has 1 rings (SSSR count). The van der Waals surface area contributed by atoms with Gasteiger partial charge in [-0.2, -0.15) is 0 Å². The van der Waals surface area contributed by atoms with Crippen LogP contribution in [-0.2, 0) is 9.84 Å². The average Bonchev–Trinajstić information content (AvgIpc) is 2.38. The highest BCUT2D eigenvalue weighted by Crippen LogP contribution is 2.25. The van der Waals surface area contributed by atoms with Crippen molar-refractivity contribution in [3.8, 4) is 5.75 Å². The fraction of sp³-hybridized carbons (Fsp3) is 0.571. The lowest BCUT2D eigenvalue weighted by molar-refractivity contribution is 0.412. The summed E-state index contributed by atoms with van der Waals surface area (Å²) in [6, 6.07) is 7.33. The van der Waals surface area contributed by atoms with Gasteiger partial charge in [-0.05, 0) is 37.6 Å². The second-order valence-electron chi connectivity index (χ2n) is 4.74. The minimum absolute atomic E-state index is 0.218. The summed E-state index contributed by atoms with van der Waals surface area (Å²) >= 11 is 0. The summed E-state index contributed by atoms with van der Waals surface area (Å²) in [6.07, 6.45) is 2.23. The standard InChI is InChI=1S/C14H23NO3S/c1-5-9-15-14(11(2)19(4,16)17)12-7-6-8-13(10-12)18-3/h6-8,10-11,14-15H,5,9H2,1-4H3. The van der Waals surface area contributed by atoms with Gasteiger partial charge in [-0.3, -0.25) is 0 Å². The van der Waals surface area contributed by atoms with Crippen LogP contribution in [0.25, 0.3) is 0 Å². The highest BCUT2D eigenvalue weighted by Gasteiger charge is 2.27. The molecule has 4 nitrogen and oxygen atoms in total. The molecule has 0 heterocycles. The van der Waals surface area contributed by atoms with Crippen LogP contribution in [0, 0.1) is 0 Å². The maximum Gasteiger partial charge on any atom is 0.151 e. The molecule has 0 saturated carbocycles. The predicted octanol–water partition coefficient (Wildman–Crippen LogP) is 2.17. The summed E-state index contributed by atoms with van der Waals surface area (Å²) < 4.78 is 28.8. The maximum absolute atomic E-state index is 11.8. The number of hydrogen-bond acceptors (Lipinski definition) is 4. The van der Waals surface area contributed by atoms with Crippen molar-refractivity contribution >= 4 is 9.84 Å². The van der Waals surface area contributed by atoms with Crippen molar-refractivity contribution in [1.82, 2.24) is 5.32 Å². The summed E-state index contributed by atoms with van der Waals surface area (Å²) in [5.74, 6) is 0.737. The first kappa shape index (κ1) is 16.0. The first-order chi connectivity index (χ1) is 8.90. The van der Waals surface area contributed by atoms with Crippen LogP contribution >= 0.6 is 0 Å². The second-order valence-corrected chi connectivity index (χ2v) is 7.15. The van der Waals surface area contributed by atoms with Gasteiger partial charge in [0.05, 0.1) is 12.4 Å². The van der Waals surface area contributed by atoms with Crippen molar-refractivity contribution in [3.63, 3.8) is 0 Å². The predicted molar refractivity (Wildman–Crippen MR) is 78.3 cm³/mol. The first-order valence-electron chi connectivity index (χ1n) is 6.46. The number of rotatable bonds is 7. The molecule has 108 valence electrons. The highest BCUT2D eigenvalue weighted by molar-refractivity contribution is 7.91. The van der Waals surface area contributed by atoms with Gasteiger partial charge < -0.3 is 10.1 Å². The summed E-state index contributed by atoms with van der Waals surface area (Å²) in [6.45, 7) is 4.57. The van der Waals surface area contributed by atoms with Crippen LogP contribution in [0.1, 0.15) is 31.9 Å². The molecule has 0 aliphatic carbocycles. The summed E-state index contributed by atoms with van der Waals surface area (Å²) in [7, 11) is -1.50. The van der Waals surface area contributed by atoms with Crippen LogP contribution in [0.5, 0.6) is 5.75 Å². The number of sulfone groups is 1. The highest BCUT2D eigenvalue weighted by atomic mass is 32.2. The number of benzene rings is 1. The molecule has 0 saturated heterocycles. The minimum Gasteiger partial charge on any atom is -0.497 e. The molecule has 19 heavy (non-hydrogen) atoms. The third kappa shape index (κ3) is 4.51. The van der Waals surface area contributed by atoms with E-state index in [4.69, 9.17) is 4.74 Å². The van der Waals surface area contributed by atoms with Gasteiger partial charge >= 0.3 is 0 Å². The molecule has 2 atom stereocenters.